The van der Waals surface area contributed by atoms with E-state index >= 15 is 0 Å². The Labute approximate surface area is 252 Å². The highest BCUT2D eigenvalue weighted by molar-refractivity contribution is 5.81. The number of hydrogen-bond acceptors (Lipinski definition) is 4. The second-order valence-electron chi connectivity index (χ2n) is 11.4. The summed E-state index contributed by atoms with van der Waals surface area (Å²) < 4.78 is 13.2. The summed E-state index contributed by atoms with van der Waals surface area (Å²) in [5.74, 6) is 1.40. The molecule has 1 atom stereocenters. The Kier molecular flexibility index (Phi) is 6.62. The molecule has 0 bridgehead atoms. The van der Waals surface area contributed by atoms with Gasteiger partial charge < -0.3 is 14.4 Å². The number of allylic oxidation sites excluding steroid dienone is 1. The minimum absolute atomic E-state index is 0.570. The third-order valence-electron chi connectivity index (χ3n) is 8.71. The molecule has 5 aromatic carbocycles. The van der Waals surface area contributed by atoms with Crippen molar-refractivity contribution in [3.63, 3.8) is 0 Å². The van der Waals surface area contributed by atoms with E-state index in [1.165, 1.54) is 11.1 Å². The Balaban J connectivity index is 1.51. The van der Waals surface area contributed by atoms with Crippen LogP contribution < -0.4 is 9.64 Å². The highest BCUT2D eigenvalue weighted by Gasteiger charge is 2.48. The summed E-state index contributed by atoms with van der Waals surface area (Å²) in [6.07, 6.45) is 6.26. The van der Waals surface area contributed by atoms with Gasteiger partial charge in [-0.25, -0.2) is 0 Å². The third kappa shape index (κ3) is 4.33. The number of rotatable bonds is 6. The molecular formula is C39H33NO3. The molecule has 0 aromatic heterocycles. The fraction of sp³-hybridized carbons (Fsp3) is 0.154. The summed E-state index contributed by atoms with van der Waals surface area (Å²) in [4.78, 5) is 14.7. The lowest BCUT2D eigenvalue weighted by Gasteiger charge is -2.41. The van der Waals surface area contributed by atoms with E-state index in [4.69, 9.17) is 9.47 Å². The first-order valence-electron chi connectivity index (χ1n) is 14.8. The maximum Gasteiger partial charge on any atom is 0.294 e. The number of hydrogen-bond donors (Lipinski definition) is 0. The topological polar surface area (TPSA) is 38.8 Å². The number of nitrogens with zero attached hydrogens (tertiary/aromatic N) is 1. The lowest BCUT2D eigenvalue weighted by molar-refractivity contribution is -0.137. The monoisotopic (exact) mass is 563 g/mol. The highest BCUT2D eigenvalue weighted by Crippen LogP contribution is 2.56. The van der Waals surface area contributed by atoms with Crippen LogP contribution in [0.5, 0.6) is 11.5 Å². The molecule has 4 nitrogen and oxygen atoms in total. The van der Waals surface area contributed by atoms with Gasteiger partial charge in [0.15, 0.2) is 5.60 Å². The molecule has 0 N–H and O–H groups in total. The van der Waals surface area contributed by atoms with E-state index in [0.29, 0.717) is 12.2 Å². The molecule has 0 saturated carbocycles. The Bertz CT molecular complexity index is 1910. The predicted octanol–water partition coefficient (Wildman–Crippen LogP) is 9.61. The number of aryl methyl sites for hydroxylation is 4. The minimum Gasteiger partial charge on any atom is -0.456 e. The maximum atomic E-state index is 12.4. The fourth-order valence-electron chi connectivity index (χ4n) is 6.68. The quantitative estimate of drug-likeness (QED) is 0.193. The van der Waals surface area contributed by atoms with Crippen molar-refractivity contribution >= 4 is 29.6 Å². The normalized spacial score (nSPS) is 16.3. The number of ether oxygens (including phenoxy) is 2. The molecule has 2 aliphatic rings. The van der Waals surface area contributed by atoms with Gasteiger partial charge in [0.05, 0.1) is 0 Å². The summed E-state index contributed by atoms with van der Waals surface area (Å²) in [6.45, 7) is 6.87. The van der Waals surface area contributed by atoms with E-state index in [9.17, 15) is 4.79 Å². The second-order valence-corrected chi connectivity index (χ2v) is 11.4. The minimum atomic E-state index is -1.17. The van der Waals surface area contributed by atoms with Crippen molar-refractivity contribution in [3.05, 3.63) is 154 Å². The molecule has 0 radical (unpaired) electrons. The van der Waals surface area contributed by atoms with Gasteiger partial charge in [-0.15, -0.1) is 0 Å². The standard InChI is InChI=1S/C39H33NO3/c1-26-11-10-15-30(23-26)40(36-18-9-5-13-28(36)3)31-20-22-34-37(24-31)43-38-32-16-7-6-14-29(32)19-21-35(38)39(34,42-25-41)33-17-8-4-12-27(33)2/h4-5,7-13,15-25H,6,14H2,1-3H3. The Morgan fingerprint density at radius 2 is 1.53 bits per heavy atom. The first-order chi connectivity index (χ1) is 21.0. The SMILES string of the molecule is Cc1cccc(N(c2ccc3c(c2)Oc2c(ccc4c2C=CCC4)C3(OC=O)c2ccccc2C)c2ccccc2C)c1. The van der Waals surface area contributed by atoms with E-state index in [-0.39, 0.29) is 0 Å². The Morgan fingerprint density at radius 1 is 0.767 bits per heavy atom. The van der Waals surface area contributed by atoms with Gasteiger partial charge in [0.25, 0.3) is 6.47 Å². The molecule has 1 heterocycles. The third-order valence-corrected chi connectivity index (χ3v) is 8.71. The number of carbonyl (C=O) groups excluding carboxylic acids is 1. The summed E-state index contributed by atoms with van der Waals surface area (Å²) in [7, 11) is 0. The van der Waals surface area contributed by atoms with Crippen molar-refractivity contribution < 1.29 is 14.3 Å². The zero-order valence-electron chi connectivity index (χ0n) is 24.6. The smallest absolute Gasteiger partial charge is 0.294 e. The Hall–Kier alpha value is -5.09. The van der Waals surface area contributed by atoms with Crippen LogP contribution in [0.4, 0.5) is 17.1 Å². The molecule has 0 amide bonds. The van der Waals surface area contributed by atoms with Crippen LogP contribution in [0.25, 0.3) is 6.08 Å². The molecular weight excluding hydrogens is 530 g/mol. The second kappa shape index (κ2) is 10.6. The average molecular weight is 564 g/mol. The van der Waals surface area contributed by atoms with Crippen molar-refractivity contribution in [3.8, 4) is 11.5 Å². The largest absolute Gasteiger partial charge is 0.456 e. The Morgan fingerprint density at radius 3 is 2.33 bits per heavy atom. The van der Waals surface area contributed by atoms with Gasteiger partial charge >= 0.3 is 0 Å². The van der Waals surface area contributed by atoms with Gasteiger partial charge in [0, 0.05) is 45.4 Å². The van der Waals surface area contributed by atoms with Gasteiger partial charge in [-0.2, -0.15) is 0 Å². The van der Waals surface area contributed by atoms with E-state index in [1.807, 2.05) is 18.2 Å². The van der Waals surface area contributed by atoms with Gasteiger partial charge in [0.1, 0.15) is 11.5 Å². The van der Waals surface area contributed by atoms with E-state index in [0.717, 1.165) is 69.0 Å². The lowest BCUT2D eigenvalue weighted by atomic mass is 9.74. The average Bonchev–Trinajstić information content (AvgIpc) is 3.02. The van der Waals surface area contributed by atoms with Crippen molar-refractivity contribution in [1.82, 2.24) is 0 Å². The molecule has 1 unspecified atom stereocenters. The van der Waals surface area contributed by atoms with Gasteiger partial charge in [-0.1, -0.05) is 78.9 Å². The highest BCUT2D eigenvalue weighted by atomic mass is 16.5. The molecule has 1 aliphatic carbocycles. The molecule has 1 aliphatic heterocycles. The van der Waals surface area contributed by atoms with Crippen LogP contribution in [-0.2, 0) is 21.6 Å². The zero-order chi connectivity index (χ0) is 29.6. The number of para-hydroxylation sites is 1. The van der Waals surface area contributed by atoms with Crippen molar-refractivity contribution in [1.29, 1.82) is 0 Å². The van der Waals surface area contributed by atoms with Crippen LogP contribution in [0, 0.1) is 20.8 Å². The van der Waals surface area contributed by atoms with E-state index in [1.54, 1.807) is 0 Å². The van der Waals surface area contributed by atoms with Gasteiger partial charge in [-0.3, -0.25) is 4.79 Å². The van der Waals surface area contributed by atoms with Crippen molar-refractivity contribution in [2.75, 3.05) is 4.90 Å². The summed E-state index contributed by atoms with van der Waals surface area (Å²) >= 11 is 0. The maximum absolute atomic E-state index is 12.4. The summed E-state index contributed by atoms with van der Waals surface area (Å²) in [6, 6.07) is 35.5. The van der Waals surface area contributed by atoms with Gasteiger partial charge in [-0.05, 0) is 86.2 Å². The van der Waals surface area contributed by atoms with Crippen LogP contribution in [0.1, 0.15) is 50.9 Å². The summed E-state index contributed by atoms with van der Waals surface area (Å²) in [5, 5.41) is 0. The lowest BCUT2D eigenvalue weighted by Crippen LogP contribution is -2.36. The van der Waals surface area contributed by atoms with Crippen LogP contribution in [-0.4, -0.2) is 6.47 Å². The summed E-state index contributed by atoms with van der Waals surface area (Å²) in [5.41, 5.74) is 10.1. The van der Waals surface area contributed by atoms with Crippen molar-refractivity contribution in [2.45, 2.75) is 39.2 Å². The first kappa shape index (κ1) is 26.8. The van der Waals surface area contributed by atoms with Crippen LogP contribution in [0.3, 0.4) is 0 Å². The molecule has 43 heavy (non-hydrogen) atoms. The van der Waals surface area contributed by atoms with Crippen molar-refractivity contribution in [2.24, 2.45) is 0 Å². The predicted molar refractivity (Wildman–Crippen MR) is 173 cm³/mol. The molecule has 4 heteroatoms. The zero-order valence-corrected chi connectivity index (χ0v) is 24.6. The molecule has 0 saturated heterocycles. The molecule has 5 aromatic rings. The number of anilines is 3. The molecule has 0 fully saturated rings. The molecule has 0 spiro atoms. The molecule has 7 rings (SSSR count). The van der Waals surface area contributed by atoms with E-state index < -0.39 is 5.60 Å². The number of carbonyl (C=O) groups is 1. The number of fused-ring (bicyclic) bond motifs is 4. The number of benzene rings is 5. The van der Waals surface area contributed by atoms with Crippen LogP contribution in [0.15, 0.2) is 109 Å². The molecule has 212 valence electrons. The van der Waals surface area contributed by atoms with E-state index in [2.05, 4.69) is 123 Å². The van der Waals surface area contributed by atoms with Crippen LogP contribution in [0.2, 0.25) is 0 Å². The van der Waals surface area contributed by atoms with Gasteiger partial charge in [0.2, 0.25) is 0 Å². The fourth-order valence-corrected chi connectivity index (χ4v) is 6.68. The first-order valence-corrected chi connectivity index (χ1v) is 14.8. The van der Waals surface area contributed by atoms with Crippen LogP contribution >= 0.6 is 0 Å².